The van der Waals surface area contributed by atoms with Crippen LogP contribution in [0.5, 0.6) is 0 Å². The molecule has 17 heavy (non-hydrogen) atoms. The predicted molar refractivity (Wildman–Crippen MR) is 70.9 cm³/mol. The number of hydrogen-bond donors (Lipinski definition) is 3. The predicted octanol–water partition coefficient (Wildman–Crippen LogP) is -0.0667. The first kappa shape index (κ1) is 16.3. The van der Waals surface area contributed by atoms with Crippen LogP contribution in [0.3, 0.4) is 0 Å². The highest BCUT2D eigenvalue weighted by Crippen LogP contribution is 2.07. The van der Waals surface area contributed by atoms with E-state index in [0.717, 1.165) is 0 Å². The van der Waals surface area contributed by atoms with Gasteiger partial charge in [0.25, 0.3) is 0 Å². The third-order valence-corrected chi connectivity index (χ3v) is 3.11. The van der Waals surface area contributed by atoms with Crippen molar-refractivity contribution in [2.75, 3.05) is 6.54 Å². The molecule has 2 unspecified atom stereocenters. The molecule has 0 saturated carbocycles. The SMILES string of the molecule is CC(C)C(=O)C(CN)NC(=O)C(I)CC(=O)O. The molecule has 7 heteroatoms. The number of hydrogen-bond acceptors (Lipinski definition) is 4. The summed E-state index contributed by atoms with van der Waals surface area (Å²) in [5.41, 5.74) is 5.41. The fourth-order valence-electron chi connectivity index (χ4n) is 1.16. The molecule has 0 spiro atoms. The Morgan fingerprint density at radius 2 is 1.88 bits per heavy atom. The summed E-state index contributed by atoms with van der Waals surface area (Å²) in [5, 5.41) is 11.0. The van der Waals surface area contributed by atoms with Gasteiger partial charge in [-0.1, -0.05) is 36.4 Å². The van der Waals surface area contributed by atoms with Gasteiger partial charge in [0.2, 0.25) is 5.91 Å². The van der Waals surface area contributed by atoms with Gasteiger partial charge in [0, 0.05) is 12.5 Å². The number of alkyl halides is 1. The molecule has 2 atom stereocenters. The minimum Gasteiger partial charge on any atom is -0.481 e. The van der Waals surface area contributed by atoms with Crippen LogP contribution in [0, 0.1) is 5.92 Å². The van der Waals surface area contributed by atoms with Crippen molar-refractivity contribution in [3.63, 3.8) is 0 Å². The summed E-state index contributed by atoms with van der Waals surface area (Å²) in [7, 11) is 0. The van der Waals surface area contributed by atoms with Gasteiger partial charge in [-0.15, -0.1) is 0 Å². The molecule has 0 aliphatic carbocycles. The van der Waals surface area contributed by atoms with E-state index in [4.69, 9.17) is 10.8 Å². The maximum atomic E-state index is 11.6. The van der Waals surface area contributed by atoms with Crippen LogP contribution in [0.15, 0.2) is 0 Å². The number of ketones is 1. The van der Waals surface area contributed by atoms with Crippen LogP contribution in [0.2, 0.25) is 0 Å². The fraction of sp³-hybridized carbons (Fsp3) is 0.700. The number of carboxylic acids is 1. The molecule has 0 aliphatic heterocycles. The van der Waals surface area contributed by atoms with Crippen LogP contribution in [0.1, 0.15) is 20.3 Å². The number of Topliss-reactive ketones (excluding diaryl/α,β-unsaturated/α-hetero) is 1. The molecule has 1 amide bonds. The Balaban J connectivity index is 4.43. The van der Waals surface area contributed by atoms with E-state index in [1.807, 2.05) is 0 Å². The van der Waals surface area contributed by atoms with Crippen molar-refractivity contribution in [3.8, 4) is 0 Å². The third-order valence-electron chi connectivity index (χ3n) is 2.10. The molecule has 0 heterocycles. The molecule has 0 saturated heterocycles. The Kier molecular flexibility index (Phi) is 7.28. The first-order chi connectivity index (χ1) is 7.79. The lowest BCUT2D eigenvalue weighted by Crippen LogP contribution is -2.49. The van der Waals surface area contributed by atoms with Crippen LogP contribution in [-0.4, -0.2) is 39.3 Å². The number of amides is 1. The van der Waals surface area contributed by atoms with Crippen molar-refractivity contribution in [2.24, 2.45) is 11.7 Å². The number of carbonyl (C=O) groups excluding carboxylic acids is 2. The van der Waals surface area contributed by atoms with Crippen LogP contribution >= 0.6 is 22.6 Å². The highest BCUT2D eigenvalue weighted by Gasteiger charge is 2.25. The first-order valence-electron chi connectivity index (χ1n) is 5.19. The third kappa shape index (κ3) is 5.97. The van der Waals surface area contributed by atoms with Gasteiger partial charge >= 0.3 is 5.97 Å². The lowest BCUT2D eigenvalue weighted by atomic mass is 10.0. The van der Waals surface area contributed by atoms with Crippen LogP contribution in [0.25, 0.3) is 0 Å². The Labute approximate surface area is 113 Å². The lowest BCUT2D eigenvalue weighted by molar-refractivity contribution is -0.138. The Morgan fingerprint density at radius 1 is 1.35 bits per heavy atom. The van der Waals surface area contributed by atoms with Gasteiger partial charge < -0.3 is 16.2 Å². The van der Waals surface area contributed by atoms with Gasteiger partial charge in [0.1, 0.15) is 3.92 Å². The van der Waals surface area contributed by atoms with Crippen molar-refractivity contribution in [1.82, 2.24) is 5.32 Å². The van der Waals surface area contributed by atoms with Crippen molar-refractivity contribution in [3.05, 3.63) is 0 Å². The molecule has 6 nitrogen and oxygen atoms in total. The Morgan fingerprint density at radius 3 is 2.24 bits per heavy atom. The zero-order valence-electron chi connectivity index (χ0n) is 9.77. The summed E-state index contributed by atoms with van der Waals surface area (Å²) < 4.78 is -0.709. The molecule has 0 aromatic heterocycles. The van der Waals surface area contributed by atoms with Crippen molar-refractivity contribution >= 4 is 40.3 Å². The van der Waals surface area contributed by atoms with Gasteiger partial charge in [0.15, 0.2) is 5.78 Å². The van der Waals surface area contributed by atoms with Crippen LogP contribution < -0.4 is 11.1 Å². The second-order valence-corrected chi connectivity index (χ2v) is 5.42. The minimum atomic E-state index is -1.06. The molecular formula is C10H17IN2O4. The van der Waals surface area contributed by atoms with Crippen molar-refractivity contribution < 1.29 is 19.5 Å². The molecule has 0 aromatic carbocycles. The number of nitrogens with two attached hydrogens (primary N) is 1. The second kappa shape index (κ2) is 7.59. The summed E-state index contributed by atoms with van der Waals surface area (Å²) >= 11 is 1.73. The van der Waals surface area contributed by atoms with Gasteiger partial charge in [0.05, 0.1) is 12.5 Å². The largest absolute Gasteiger partial charge is 0.481 e. The molecule has 0 radical (unpaired) electrons. The van der Waals surface area contributed by atoms with Crippen LogP contribution in [0.4, 0.5) is 0 Å². The molecule has 0 bridgehead atoms. The Hall–Kier alpha value is -0.700. The van der Waals surface area contributed by atoms with Crippen LogP contribution in [-0.2, 0) is 14.4 Å². The van der Waals surface area contributed by atoms with E-state index in [-0.39, 0.29) is 24.7 Å². The first-order valence-corrected chi connectivity index (χ1v) is 6.44. The highest BCUT2D eigenvalue weighted by molar-refractivity contribution is 14.1. The number of aliphatic carboxylic acids is 1. The zero-order valence-corrected chi connectivity index (χ0v) is 11.9. The monoisotopic (exact) mass is 356 g/mol. The molecular weight excluding hydrogens is 339 g/mol. The molecule has 4 N–H and O–H groups in total. The van der Waals surface area contributed by atoms with E-state index in [1.165, 1.54) is 0 Å². The number of rotatable bonds is 7. The summed E-state index contributed by atoms with van der Waals surface area (Å²) in [6.45, 7) is 3.45. The number of nitrogens with one attached hydrogen (secondary N) is 1. The molecule has 0 rings (SSSR count). The van der Waals surface area contributed by atoms with E-state index in [1.54, 1.807) is 36.4 Å². The van der Waals surface area contributed by atoms with Crippen molar-refractivity contribution in [1.29, 1.82) is 0 Å². The summed E-state index contributed by atoms with van der Waals surface area (Å²) in [6, 6.07) is -0.742. The second-order valence-electron chi connectivity index (χ2n) is 3.92. The van der Waals surface area contributed by atoms with Gasteiger partial charge in [-0.05, 0) is 0 Å². The number of carbonyl (C=O) groups is 3. The highest BCUT2D eigenvalue weighted by atomic mass is 127. The molecule has 0 aliphatic rings. The zero-order chi connectivity index (χ0) is 13.6. The fourth-order valence-corrected chi connectivity index (χ4v) is 1.71. The molecule has 0 fully saturated rings. The van der Waals surface area contributed by atoms with Gasteiger partial charge in [-0.2, -0.15) is 0 Å². The quantitative estimate of drug-likeness (QED) is 0.437. The van der Waals surface area contributed by atoms with E-state index in [0.29, 0.717) is 0 Å². The summed E-state index contributed by atoms with van der Waals surface area (Å²) in [6.07, 6.45) is -0.278. The standard InChI is InChI=1S/C10H17IN2O4/c1-5(2)9(16)7(4-12)13-10(17)6(11)3-8(14)15/h5-7H,3-4,12H2,1-2H3,(H,13,17)(H,14,15). The maximum Gasteiger partial charge on any atom is 0.304 e. The topological polar surface area (TPSA) is 109 Å². The lowest BCUT2D eigenvalue weighted by Gasteiger charge is -2.19. The van der Waals surface area contributed by atoms with Gasteiger partial charge in [-0.25, -0.2) is 0 Å². The van der Waals surface area contributed by atoms with Crippen molar-refractivity contribution in [2.45, 2.75) is 30.2 Å². The van der Waals surface area contributed by atoms with E-state index in [9.17, 15) is 14.4 Å². The normalized spacial score (nSPS) is 14.2. The Bertz CT molecular complexity index is 307. The number of carboxylic acid groups (broad SMARTS) is 1. The molecule has 0 aromatic rings. The number of halogens is 1. The summed E-state index contributed by atoms with van der Waals surface area (Å²) in [5.74, 6) is -1.91. The summed E-state index contributed by atoms with van der Waals surface area (Å²) in [4.78, 5) is 33.7. The average molecular weight is 356 g/mol. The average Bonchev–Trinajstić information content (AvgIpc) is 2.23. The van der Waals surface area contributed by atoms with E-state index in [2.05, 4.69) is 5.32 Å². The maximum absolute atomic E-state index is 11.6. The molecule has 98 valence electrons. The smallest absolute Gasteiger partial charge is 0.304 e. The van der Waals surface area contributed by atoms with Gasteiger partial charge in [-0.3, -0.25) is 14.4 Å². The minimum absolute atomic E-state index is 0.0131. The van der Waals surface area contributed by atoms with E-state index < -0.39 is 21.8 Å². The van der Waals surface area contributed by atoms with E-state index >= 15 is 0 Å².